The van der Waals surface area contributed by atoms with Gasteiger partial charge in [-0.3, -0.25) is 10.1 Å². The molecule has 0 radical (unpaired) electrons. The van der Waals surface area contributed by atoms with Gasteiger partial charge in [0.2, 0.25) is 0 Å². The summed E-state index contributed by atoms with van der Waals surface area (Å²) in [6.07, 6.45) is 0. The van der Waals surface area contributed by atoms with Crippen molar-refractivity contribution in [3.05, 3.63) is 37.8 Å². The molecule has 0 spiro atoms. The third-order valence-corrected chi connectivity index (χ3v) is 4.71. The number of nitrogens with zero attached hydrogens (tertiary/aromatic N) is 5. The van der Waals surface area contributed by atoms with Gasteiger partial charge in [0.1, 0.15) is 9.98 Å². The zero-order chi connectivity index (χ0) is 19.9. The number of aromatic amines is 1. The predicted octanol–water partition coefficient (Wildman–Crippen LogP) is 0.967. The first-order valence-corrected chi connectivity index (χ1v) is 8.66. The molecule has 0 bridgehead atoms. The van der Waals surface area contributed by atoms with Gasteiger partial charge in [-0.1, -0.05) is 11.3 Å². The first-order chi connectivity index (χ1) is 12.7. The van der Waals surface area contributed by atoms with Gasteiger partial charge in [0, 0.05) is 11.6 Å². The van der Waals surface area contributed by atoms with Gasteiger partial charge < -0.3 is 14.9 Å². The van der Waals surface area contributed by atoms with Crippen LogP contribution < -0.4 is 9.95 Å². The number of fused-ring (bicyclic) bond motifs is 1. The molecule has 3 rings (SSSR count). The third-order valence-electron chi connectivity index (χ3n) is 3.65. The molecular weight excluding hydrogens is 378 g/mol. The smallest absolute Gasteiger partial charge is 0.436 e. The van der Waals surface area contributed by atoms with E-state index in [2.05, 4.69) is 20.5 Å². The number of carbonyl (C=O) groups is 2. The van der Waals surface area contributed by atoms with Crippen LogP contribution in [0.2, 0.25) is 0 Å². The van der Waals surface area contributed by atoms with E-state index in [-0.39, 0.29) is 34.6 Å². The summed E-state index contributed by atoms with van der Waals surface area (Å²) in [5.74, 6) is -1.36. The molecule has 2 N–H and O–H groups in total. The van der Waals surface area contributed by atoms with Gasteiger partial charge in [-0.15, -0.1) is 0 Å². The lowest BCUT2D eigenvalue weighted by Crippen LogP contribution is -2.37. The largest absolute Gasteiger partial charge is 0.462 e. The van der Waals surface area contributed by atoms with Crippen LogP contribution in [0.3, 0.4) is 0 Å². The van der Waals surface area contributed by atoms with E-state index < -0.39 is 16.8 Å². The first kappa shape index (κ1) is 18.4. The number of H-pyrrole nitrogens is 1. The molecule has 27 heavy (non-hydrogen) atoms. The second-order valence-corrected chi connectivity index (χ2v) is 6.56. The van der Waals surface area contributed by atoms with E-state index in [0.717, 1.165) is 16.0 Å². The number of esters is 1. The zero-order valence-corrected chi connectivity index (χ0v) is 15.7. The number of aryl methyl sites for hydroxylation is 3. The predicted molar refractivity (Wildman–Crippen MR) is 92.1 cm³/mol. The van der Waals surface area contributed by atoms with Crippen molar-refractivity contribution >= 4 is 34.2 Å². The SMILES string of the molecule is CCOC(=O)c1sc(NC(=O)c2c(C)nn3c([N+](=O)[O-])c(C)[nH][n+]23)nc1C. The van der Waals surface area contributed by atoms with Crippen molar-refractivity contribution in [2.24, 2.45) is 0 Å². The quantitative estimate of drug-likeness (QED) is 0.283. The Balaban J connectivity index is 1.95. The van der Waals surface area contributed by atoms with Gasteiger partial charge in [-0.2, -0.15) is 5.10 Å². The van der Waals surface area contributed by atoms with E-state index in [1.165, 1.54) is 11.6 Å². The molecule has 0 fully saturated rings. The molecule has 1 amide bonds. The summed E-state index contributed by atoms with van der Waals surface area (Å²) in [4.78, 5) is 39.6. The molecule has 13 heteroatoms. The van der Waals surface area contributed by atoms with Crippen LogP contribution in [0.15, 0.2) is 0 Å². The van der Waals surface area contributed by atoms with Crippen LogP contribution >= 0.6 is 11.3 Å². The molecule has 12 nitrogen and oxygen atoms in total. The molecule has 0 saturated heterocycles. The van der Waals surface area contributed by atoms with E-state index in [1.807, 2.05) is 0 Å². The fourth-order valence-corrected chi connectivity index (χ4v) is 3.40. The molecule has 0 aliphatic rings. The molecular formula is C14H16N7O5S+. The maximum Gasteiger partial charge on any atom is 0.436 e. The highest BCUT2D eigenvalue weighted by atomic mass is 32.1. The van der Waals surface area contributed by atoms with Gasteiger partial charge in [0.05, 0.1) is 12.3 Å². The van der Waals surface area contributed by atoms with Crippen LogP contribution in [0, 0.1) is 30.9 Å². The number of carbonyl (C=O) groups excluding carboxylic acids is 2. The summed E-state index contributed by atoms with van der Waals surface area (Å²) in [5, 5.41) is 20.8. The van der Waals surface area contributed by atoms with Gasteiger partial charge in [0.15, 0.2) is 15.5 Å². The third kappa shape index (κ3) is 3.12. The second-order valence-electron chi connectivity index (χ2n) is 5.56. The number of nitro groups is 1. The van der Waals surface area contributed by atoms with Gasteiger partial charge in [-0.05, 0) is 25.7 Å². The molecule has 3 aromatic heterocycles. The number of ether oxygens (including phenoxy) is 1. The lowest BCUT2D eigenvalue weighted by Gasteiger charge is -1.97. The molecule has 3 aromatic rings. The maximum atomic E-state index is 12.7. The van der Waals surface area contributed by atoms with E-state index >= 15 is 0 Å². The van der Waals surface area contributed by atoms with Gasteiger partial charge in [-0.25, -0.2) is 9.78 Å². The number of nitrogens with one attached hydrogen (secondary N) is 2. The number of aromatic nitrogens is 5. The van der Waals surface area contributed by atoms with Crippen molar-refractivity contribution in [3.8, 4) is 0 Å². The maximum absolute atomic E-state index is 12.7. The van der Waals surface area contributed by atoms with E-state index in [0.29, 0.717) is 10.6 Å². The number of rotatable bonds is 5. The topological polar surface area (TPSA) is 149 Å². The Morgan fingerprint density at radius 1 is 1.37 bits per heavy atom. The lowest BCUT2D eigenvalue weighted by atomic mass is 10.3. The molecule has 0 atom stereocenters. The van der Waals surface area contributed by atoms with Crippen LogP contribution in [-0.2, 0) is 4.74 Å². The number of amides is 1. The van der Waals surface area contributed by atoms with Gasteiger partial charge in [0.25, 0.3) is 5.69 Å². The zero-order valence-electron chi connectivity index (χ0n) is 14.9. The second kappa shape index (κ2) is 6.75. The number of anilines is 1. The van der Waals surface area contributed by atoms with Crippen molar-refractivity contribution in [3.63, 3.8) is 0 Å². The van der Waals surface area contributed by atoms with Gasteiger partial charge >= 0.3 is 23.4 Å². The van der Waals surface area contributed by atoms with E-state index in [9.17, 15) is 19.7 Å². The number of hydrogen-bond donors (Lipinski definition) is 2. The van der Waals surface area contributed by atoms with Crippen molar-refractivity contribution in [2.45, 2.75) is 27.7 Å². The van der Waals surface area contributed by atoms with Crippen LogP contribution in [0.1, 0.15) is 44.2 Å². The normalized spacial score (nSPS) is 11.0. The summed E-state index contributed by atoms with van der Waals surface area (Å²) in [6.45, 7) is 6.62. The Morgan fingerprint density at radius 2 is 2.07 bits per heavy atom. The Labute approximate surface area is 155 Å². The van der Waals surface area contributed by atoms with Crippen LogP contribution in [0.25, 0.3) is 0 Å². The minimum Gasteiger partial charge on any atom is -0.462 e. The van der Waals surface area contributed by atoms with Crippen molar-refractivity contribution in [2.75, 3.05) is 11.9 Å². The molecule has 0 aliphatic heterocycles. The Bertz CT molecular complexity index is 1080. The fraction of sp³-hybridized carbons (Fsp3) is 0.357. The average molecular weight is 394 g/mol. The molecule has 0 unspecified atom stereocenters. The summed E-state index contributed by atoms with van der Waals surface area (Å²) in [6, 6.07) is 0. The summed E-state index contributed by atoms with van der Waals surface area (Å²) in [5.41, 5.74) is 1.04. The Kier molecular flexibility index (Phi) is 4.61. The highest BCUT2D eigenvalue weighted by Crippen LogP contribution is 2.24. The summed E-state index contributed by atoms with van der Waals surface area (Å²) < 4.78 is 7.14. The standard InChI is InChI=1S/C14H15N7O5S/c1-5-26-13(23)10-7(3)15-14(27-10)16-11(22)9-6(2)17-20-12(21(24)25)8(4)18-19(9)20/h5H2,1-4H3,(H-,15,16,17,18,22,23)/p+1. The molecule has 0 aliphatic carbocycles. The van der Waals surface area contributed by atoms with E-state index in [4.69, 9.17) is 4.74 Å². The highest BCUT2D eigenvalue weighted by molar-refractivity contribution is 7.17. The summed E-state index contributed by atoms with van der Waals surface area (Å²) in [7, 11) is 0. The fourth-order valence-electron chi connectivity index (χ4n) is 2.55. The summed E-state index contributed by atoms with van der Waals surface area (Å²) >= 11 is 0.985. The monoisotopic (exact) mass is 394 g/mol. The van der Waals surface area contributed by atoms with Crippen LogP contribution in [0.5, 0.6) is 0 Å². The molecule has 0 saturated carbocycles. The number of hydrogen-bond acceptors (Lipinski definition) is 8. The molecule has 142 valence electrons. The van der Waals surface area contributed by atoms with E-state index in [1.54, 1.807) is 20.8 Å². The Morgan fingerprint density at radius 3 is 2.70 bits per heavy atom. The minimum absolute atomic E-state index is 0.0803. The molecule has 0 aromatic carbocycles. The van der Waals surface area contributed by atoms with Crippen molar-refractivity contribution in [1.29, 1.82) is 0 Å². The van der Waals surface area contributed by atoms with Crippen molar-refractivity contribution in [1.82, 2.24) is 19.8 Å². The first-order valence-electron chi connectivity index (χ1n) is 7.85. The van der Waals surface area contributed by atoms with Crippen LogP contribution in [-0.4, -0.2) is 43.2 Å². The highest BCUT2D eigenvalue weighted by Gasteiger charge is 2.37. The molecule has 3 heterocycles. The average Bonchev–Trinajstić information content (AvgIpc) is 3.17. The minimum atomic E-state index is -0.588. The van der Waals surface area contributed by atoms with Crippen LogP contribution in [0.4, 0.5) is 10.9 Å². The Hall–Kier alpha value is -3.35. The lowest BCUT2D eigenvalue weighted by molar-refractivity contribution is -0.682. The number of thiazole rings is 1. The van der Waals surface area contributed by atoms with Crippen molar-refractivity contribution < 1.29 is 23.9 Å².